The zero-order valence-electron chi connectivity index (χ0n) is 19.8. The first-order valence-corrected chi connectivity index (χ1v) is 12.1. The number of rotatable bonds is 9. The largest absolute Gasteiger partial charge is 0.484 e. The lowest BCUT2D eigenvalue weighted by atomic mass is 9.62. The molecule has 1 saturated carbocycles. The summed E-state index contributed by atoms with van der Waals surface area (Å²) in [5, 5.41) is 7.34. The SMILES string of the molecule is CC1(C)C[C@H](NC(=O)COc2ccc(Cl)cc2)C[C@](C)(CNC(=O)COc2ccc(Cl)cc2)C1. The molecule has 0 spiro atoms. The fourth-order valence-corrected chi connectivity index (χ4v) is 5.11. The molecule has 184 valence electrons. The highest BCUT2D eigenvalue weighted by molar-refractivity contribution is 6.30. The number of benzene rings is 2. The summed E-state index contributed by atoms with van der Waals surface area (Å²) in [6.07, 6.45) is 2.57. The molecule has 2 aromatic carbocycles. The van der Waals surface area contributed by atoms with Gasteiger partial charge in [-0.15, -0.1) is 0 Å². The molecule has 1 fully saturated rings. The number of halogens is 2. The monoisotopic (exact) mass is 506 g/mol. The third-order valence-electron chi connectivity index (χ3n) is 5.89. The van der Waals surface area contributed by atoms with Crippen molar-refractivity contribution < 1.29 is 19.1 Å². The third-order valence-corrected chi connectivity index (χ3v) is 6.39. The predicted octanol–water partition coefficient (Wildman–Crippen LogP) is 5.27. The standard InChI is InChI=1S/C26H32Cl2N2O4/c1-25(2)12-20(30-24(32)15-34-22-10-6-19(28)7-11-22)13-26(3,16-25)17-29-23(31)14-33-21-8-4-18(27)5-9-21/h4-11,20H,12-17H2,1-3H3,(H,29,31)(H,30,32)/t20-,26-/m0/s1. The Morgan fingerprint density at radius 2 is 1.35 bits per heavy atom. The van der Waals surface area contributed by atoms with Crippen LogP contribution in [-0.4, -0.2) is 37.6 Å². The molecular weight excluding hydrogens is 475 g/mol. The van der Waals surface area contributed by atoms with Crippen LogP contribution in [0, 0.1) is 10.8 Å². The molecule has 0 aromatic heterocycles. The van der Waals surface area contributed by atoms with Crippen LogP contribution in [0.5, 0.6) is 11.5 Å². The summed E-state index contributed by atoms with van der Waals surface area (Å²) in [6.45, 7) is 6.92. The number of hydrogen-bond donors (Lipinski definition) is 2. The van der Waals surface area contributed by atoms with Gasteiger partial charge in [-0.2, -0.15) is 0 Å². The fraction of sp³-hybridized carbons (Fsp3) is 0.462. The summed E-state index contributed by atoms with van der Waals surface area (Å²) >= 11 is 11.8. The molecule has 2 amide bonds. The molecule has 3 rings (SSSR count). The van der Waals surface area contributed by atoms with Crippen LogP contribution in [0.2, 0.25) is 10.0 Å². The van der Waals surface area contributed by atoms with Crippen molar-refractivity contribution in [2.24, 2.45) is 10.8 Å². The molecule has 0 unspecified atom stereocenters. The van der Waals surface area contributed by atoms with Crippen molar-refractivity contribution in [3.63, 3.8) is 0 Å². The van der Waals surface area contributed by atoms with Gasteiger partial charge in [0.1, 0.15) is 11.5 Å². The van der Waals surface area contributed by atoms with E-state index in [1.165, 1.54) is 0 Å². The highest BCUT2D eigenvalue weighted by Gasteiger charge is 2.41. The number of amides is 2. The van der Waals surface area contributed by atoms with Gasteiger partial charge in [0.15, 0.2) is 13.2 Å². The molecule has 2 N–H and O–H groups in total. The van der Waals surface area contributed by atoms with E-state index in [0.29, 0.717) is 28.1 Å². The normalized spacial score (nSPS) is 21.4. The van der Waals surface area contributed by atoms with Crippen LogP contribution in [0.25, 0.3) is 0 Å². The van der Waals surface area contributed by atoms with E-state index < -0.39 is 0 Å². The van der Waals surface area contributed by atoms with Crippen molar-refractivity contribution in [3.8, 4) is 11.5 Å². The van der Waals surface area contributed by atoms with E-state index in [1.54, 1.807) is 48.5 Å². The first-order valence-electron chi connectivity index (χ1n) is 11.3. The van der Waals surface area contributed by atoms with Crippen molar-refractivity contribution >= 4 is 35.0 Å². The summed E-state index contributed by atoms with van der Waals surface area (Å²) in [4.78, 5) is 24.9. The molecule has 34 heavy (non-hydrogen) atoms. The van der Waals surface area contributed by atoms with Crippen LogP contribution in [0.15, 0.2) is 48.5 Å². The van der Waals surface area contributed by atoms with E-state index >= 15 is 0 Å². The van der Waals surface area contributed by atoms with Crippen LogP contribution in [0.1, 0.15) is 40.0 Å². The van der Waals surface area contributed by atoms with Crippen LogP contribution in [-0.2, 0) is 9.59 Å². The number of nitrogens with one attached hydrogen (secondary N) is 2. The summed E-state index contributed by atoms with van der Waals surface area (Å²) in [5.41, 5.74) is -0.140. The molecule has 0 saturated heterocycles. The second-order valence-corrected chi connectivity index (χ2v) is 11.0. The molecule has 1 aliphatic carbocycles. The lowest BCUT2D eigenvalue weighted by molar-refractivity contribution is -0.126. The zero-order valence-corrected chi connectivity index (χ0v) is 21.3. The van der Waals surface area contributed by atoms with Crippen LogP contribution in [0.3, 0.4) is 0 Å². The van der Waals surface area contributed by atoms with E-state index in [9.17, 15) is 9.59 Å². The first-order chi connectivity index (χ1) is 16.0. The molecule has 6 nitrogen and oxygen atoms in total. The van der Waals surface area contributed by atoms with Crippen molar-refractivity contribution in [3.05, 3.63) is 58.6 Å². The van der Waals surface area contributed by atoms with E-state index in [1.807, 2.05) is 0 Å². The Balaban J connectivity index is 1.48. The smallest absolute Gasteiger partial charge is 0.258 e. The summed E-state index contributed by atoms with van der Waals surface area (Å²) in [6, 6.07) is 13.8. The fourth-order valence-electron chi connectivity index (χ4n) is 4.86. The van der Waals surface area contributed by atoms with Crippen LogP contribution < -0.4 is 20.1 Å². The van der Waals surface area contributed by atoms with Crippen LogP contribution in [0.4, 0.5) is 0 Å². The minimum Gasteiger partial charge on any atom is -0.484 e. The average molecular weight is 507 g/mol. The molecule has 8 heteroatoms. The molecule has 2 aromatic rings. The van der Waals surface area contributed by atoms with Gasteiger partial charge in [0.25, 0.3) is 11.8 Å². The summed E-state index contributed by atoms with van der Waals surface area (Å²) in [5.74, 6) is 0.835. The Hall–Kier alpha value is -2.44. The molecule has 1 aliphatic rings. The molecular formula is C26H32Cl2N2O4. The van der Waals surface area contributed by atoms with E-state index in [-0.39, 0.29) is 41.9 Å². The second-order valence-electron chi connectivity index (χ2n) is 10.1. The highest BCUT2D eigenvalue weighted by atomic mass is 35.5. The van der Waals surface area contributed by atoms with Crippen molar-refractivity contribution in [2.75, 3.05) is 19.8 Å². The van der Waals surface area contributed by atoms with E-state index in [0.717, 1.165) is 19.3 Å². The van der Waals surface area contributed by atoms with Crippen LogP contribution >= 0.6 is 23.2 Å². The lowest BCUT2D eigenvalue weighted by Gasteiger charge is -2.47. The molecule has 2 atom stereocenters. The van der Waals surface area contributed by atoms with Gasteiger partial charge < -0.3 is 20.1 Å². The van der Waals surface area contributed by atoms with Gasteiger partial charge in [0.05, 0.1) is 0 Å². The molecule has 0 aliphatic heterocycles. The minimum absolute atomic E-state index is 0.00251. The molecule has 0 radical (unpaired) electrons. The Kier molecular flexibility index (Phi) is 8.72. The Morgan fingerprint density at radius 1 is 0.853 bits per heavy atom. The average Bonchev–Trinajstić information content (AvgIpc) is 2.75. The highest BCUT2D eigenvalue weighted by Crippen LogP contribution is 2.45. The van der Waals surface area contributed by atoms with Gasteiger partial charge in [0.2, 0.25) is 0 Å². The molecule has 0 bridgehead atoms. The van der Waals surface area contributed by atoms with Gasteiger partial charge in [-0.1, -0.05) is 44.0 Å². The Bertz CT molecular complexity index is 979. The maximum atomic E-state index is 12.5. The molecule has 0 heterocycles. The predicted molar refractivity (Wildman–Crippen MR) is 135 cm³/mol. The second kappa shape index (κ2) is 11.3. The minimum atomic E-state index is -0.184. The summed E-state index contributed by atoms with van der Waals surface area (Å²) < 4.78 is 11.1. The van der Waals surface area contributed by atoms with Gasteiger partial charge in [-0.25, -0.2) is 0 Å². The quantitative estimate of drug-likeness (QED) is 0.485. The number of ether oxygens (including phenoxy) is 2. The van der Waals surface area contributed by atoms with E-state index in [2.05, 4.69) is 31.4 Å². The number of carbonyl (C=O) groups is 2. The number of carbonyl (C=O) groups excluding carboxylic acids is 2. The topological polar surface area (TPSA) is 76.7 Å². The summed E-state index contributed by atoms with van der Waals surface area (Å²) in [7, 11) is 0. The first kappa shape index (κ1) is 26.2. The zero-order chi connectivity index (χ0) is 24.8. The maximum absolute atomic E-state index is 12.5. The lowest BCUT2D eigenvalue weighted by Crippen LogP contribution is -2.51. The van der Waals surface area contributed by atoms with Gasteiger partial charge >= 0.3 is 0 Å². The van der Waals surface area contributed by atoms with Crippen molar-refractivity contribution in [1.82, 2.24) is 10.6 Å². The number of hydrogen-bond acceptors (Lipinski definition) is 4. The third kappa shape index (κ3) is 8.41. The van der Waals surface area contributed by atoms with Crippen molar-refractivity contribution in [2.45, 2.75) is 46.1 Å². The van der Waals surface area contributed by atoms with Gasteiger partial charge in [-0.05, 0) is 78.6 Å². The van der Waals surface area contributed by atoms with Gasteiger partial charge in [0, 0.05) is 22.6 Å². The Morgan fingerprint density at radius 3 is 1.88 bits per heavy atom. The van der Waals surface area contributed by atoms with Crippen molar-refractivity contribution in [1.29, 1.82) is 0 Å². The Labute approximate surface area is 211 Å². The van der Waals surface area contributed by atoms with E-state index in [4.69, 9.17) is 32.7 Å². The van der Waals surface area contributed by atoms with Gasteiger partial charge in [-0.3, -0.25) is 9.59 Å². The maximum Gasteiger partial charge on any atom is 0.258 e.